The second-order valence-corrected chi connectivity index (χ2v) is 11.8. The predicted octanol–water partition coefficient (Wildman–Crippen LogP) is 5.25. The molecule has 0 saturated carbocycles. The minimum Gasteiger partial charge on any atom is -0.442 e. The average molecular weight is 565 g/mol. The highest BCUT2D eigenvalue weighted by Crippen LogP contribution is 2.36. The summed E-state index contributed by atoms with van der Waals surface area (Å²) in [5.74, 6) is 0.432. The van der Waals surface area contributed by atoms with E-state index in [1.165, 1.54) is 4.88 Å². The maximum absolute atomic E-state index is 13.4. The molecule has 3 aromatic rings. The van der Waals surface area contributed by atoms with Crippen molar-refractivity contribution in [3.8, 4) is 0 Å². The molecule has 2 aliphatic rings. The Morgan fingerprint density at radius 2 is 1.90 bits per heavy atom. The van der Waals surface area contributed by atoms with Crippen LogP contribution in [0.5, 0.6) is 0 Å². The first-order valence-corrected chi connectivity index (χ1v) is 13.8. The quantitative estimate of drug-likeness (QED) is 0.424. The molecule has 0 unspecified atom stereocenters. The average Bonchev–Trinajstić information content (AvgIpc) is 3.46. The van der Waals surface area contributed by atoms with Crippen LogP contribution in [0.3, 0.4) is 0 Å². The summed E-state index contributed by atoms with van der Waals surface area (Å²) in [6.07, 6.45) is -1.85. The molecule has 0 spiro atoms. The summed E-state index contributed by atoms with van der Waals surface area (Å²) in [4.78, 5) is 32.2. The Kier molecular flexibility index (Phi) is 7.25. The van der Waals surface area contributed by atoms with Crippen molar-refractivity contribution in [2.24, 2.45) is 4.99 Å². The lowest BCUT2D eigenvalue weighted by Crippen LogP contribution is -2.39. The summed E-state index contributed by atoms with van der Waals surface area (Å²) in [7, 11) is 0. The van der Waals surface area contributed by atoms with Crippen LogP contribution in [0, 0.1) is 0 Å². The van der Waals surface area contributed by atoms with Crippen LogP contribution in [0.2, 0.25) is 0 Å². The monoisotopic (exact) mass is 564 g/mol. The van der Waals surface area contributed by atoms with Crippen molar-refractivity contribution >= 4 is 45.1 Å². The number of piperidine rings is 1. The Morgan fingerprint density at radius 1 is 1.10 bits per heavy atom. The number of amides is 1. The third-order valence-corrected chi connectivity index (χ3v) is 7.50. The molecule has 0 aromatic carbocycles. The fourth-order valence-electron chi connectivity index (χ4n) is 4.77. The Morgan fingerprint density at radius 3 is 2.62 bits per heavy atom. The van der Waals surface area contributed by atoms with Crippen molar-refractivity contribution in [3.05, 3.63) is 22.6 Å². The number of carbonyl (C=O) groups excluding carboxylic acids is 1. The van der Waals surface area contributed by atoms with Gasteiger partial charge < -0.3 is 19.1 Å². The summed E-state index contributed by atoms with van der Waals surface area (Å²) in [6.45, 7) is 9.15. The van der Waals surface area contributed by atoms with Gasteiger partial charge >= 0.3 is 12.3 Å². The zero-order chi connectivity index (χ0) is 27.9. The van der Waals surface area contributed by atoms with Crippen molar-refractivity contribution in [2.45, 2.75) is 78.2 Å². The molecule has 0 bridgehead atoms. The first-order valence-electron chi connectivity index (χ1n) is 13.0. The van der Waals surface area contributed by atoms with E-state index in [4.69, 9.17) is 14.7 Å². The molecule has 5 rings (SSSR count). The molecule has 10 nitrogen and oxygen atoms in total. The Hall–Kier alpha value is -3.29. The molecule has 0 N–H and O–H groups in total. The van der Waals surface area contributed by atoms with Gasteiger partial charge in [-0.25, -0.2) is 9.78 Å². The lowest BCUT2D eigenvalue weighted by molar-refractivity contribution is -0.147. The zero-order valence-electron chi connectivity index (χ0n) is 22.4. The molecular formula is C25H31F3N8O2S. The number of carbonyl (C=O) groups is 1. The van der Waals surface area contributed by atoms with E-state index in [0.717, 1.165) is 34.0 Å². The molecule has 14 heteroatoms. The molecule has 39 heavy (non-hydrogen) atoms. The van der Waals surface area contributed by atoms with Gasteiger partial charge in [-0.15, -0.1) is 21.5 Å². The van der Waals surface area contributed by atoms with Crippen molar-refractivity contribution in [3.63, 3.8) is 0 Å². The fourth-order valence-corrected chi connectivity index (χ4v) is 5.89. The maximum atomic E-state index is 13.4. The number of aryl methyl sites for hydroxylation is 1. The van der Waals surface area contributed by atoms with E-state index in [9.17, 15) is 18.0 Å². The molecular weight excluding hydrogens is 533 g/mol. The van der Waals surface area contributed by atoms with Gasteiger partial charge in [-0.2, -0.15) is 23.1 Å². The third-order valence-electron chi connectivity index (χ3n) is 6.41. The van der Waals surface area contributed by atoms with E-state index >= 15 is 0 Å². The summed E-state index contributed by atoms with van der Waals surface area (Å²) in [6, 6.07) is 2.08. The van der Waals surface area contributed by atoms with Gasteiger partial charge in [-0.05, 0) is 46.1 Å². The maximum Gasteiger partial charge on any atom is 0.451 e. The zero-order valence-corrected chi connectivity index (χ0v) is 23.2. The van der Waals surface area contributed by atoms with Crippen LogP contribution in [0.4, 0.5) is 29.7 Å². The molecule has 1 fully saturated rings. The number of aromatic nitrogens is 5. The summed E-state index contributed by atoms with van der Waals surface area (Å²) in [5, 5.41) is 8.10. The minimum atomic E-state index is -4.56. The third kappa shape index (κ3) is 5.99. The molecule has 0 aliphatic carbocycles. The van der Waals surface area contributed by atoms with E-state index in [0.29, 0.717) is 43.5 Å². The number of nitrogens with zero attached hydrogens (tertiary/aromatic N) is 8. The van der Waals surface area contributed by atoms with Gasteiger partial charge in [0.1, 0.15) is 16.2 Å². The Labute approximate surface area is 227 Å². The molecule has 0 radical (unpaired) electrons. The van der Waals surface area contributed by atoms with Crippen LogP contribution in [0.25, 0.3) is 10.2 Å². The Bertz CT molecular complexity index is 1410. The van der Waals surface area contributed by atoms with Gasteiger partial charge in [0, 0.05) is 30.2 Å². The lowest BCUT2D eigenvalue weighted by Gasteiger charge is -2.31. The van der Waals surface area contributed by atoms with Crippen LogP contribution in [-0.4, -0.2) is 61.8 Å². The number of alkyl halides is 3. The van der Waals surface area contributed by atoms with E-state index in [1.807, 2.05) is 9.80 Å². The second kappa shape index (κ2) is 10.4. The van der Waals surface area contributed by atoms with Gasteiger partial charge in [0.15, 0.2) is 5.82 Å². The number of halogens is 3. The van der Waals surface area contributed by atoms with E-state index in [2.05, 4.69) is 28.2 Å². The van der Waals surface area contributed by atoms with Crippen LogP contribution in [0.15, 0.2) is 11.1 Å². The van der Waals surface area contributed by atoms with E-state index in [-0.39, 0.29) is 18.9 Å². The van der Waals surface area contributed by atoms with Crippen molar-refractivity contribution < 1.29 is 22.7 Å². The normalized spacial score (nSPS) is 17.7. The molecule has 1 amide bonds. The van der Waals surface area contributed by atoms with E-state index < -0.39 is 23.7 Å². The number of hydrogen-bond acceptors (Lipinski definition) is 9. The summed E-state index contributed by atoms with van der Waals surface area (Å²) < 4.78 is 46.6. The summed E-state index contributed by atoms with van der Waals surface area (Å²) in [5.41, 5.74) is 0.0670. The smallest absolute Gasteiger partial charge is 0.442 e. The van der Waals surface area contributed by atoms with Gasteiger partial charge in [0.2, 0.25) is 11.8 Å². The number of thiophene rings is 1. The molecule has 210 valence electrons. The Balaban J connectivity index is 1.47. The van der Waals surface area contributed by atoms with Gasteiger partial charge in [-0.3, -0.25) is 0 Å². The highest BCUT2D eigenvalue weighted by Gasteiger charge is 2.40. The molecule has 1 saturated heterocycles. The number of ether oxygens (including phenoxy) is 1. The number of anilines is 2. The number of hydrogen-bond donors (Lipinski definition) is 0. The van der Waals surface area contributed by atoms with Crippen molar-refractivity contribution in [1.29, 1.82) is 0 Å². The van der Waals surface area contributed by atoms with Gasteiger partial charge in [0.05, 0.1) is 18.5 Å². The molecule has 5 heterocycles. The minimum absolute atomic E-state index is 0.0976. The predicted molar refractivity (Wildman–Crippen MR) is 143 cm³/mol. The second-order valence-electron chi connectivity index (χ2n) is 10.7. The molecule has 2 aliphatic heterocycles. The highest BCUT2D eigenvalue weighted by atomic mass is 32.1. The van der Waals surface area contributed by atoms with Crippen molar-refractivity contribution in [2.75, 3.05) is 29.4 Å². The topological polar surface area (TPSA) is 102 Å². The SMILES string of the molecule is CCCc1cc2c(N3CCn4c(nnc4C(F)(F)F)C3)nc(N3CCC/C(=N\C(=O)OC(C)(C)C)C3)nc2s1. The number of fused-ring (bicyclic) bond motifs is 2. The van der Waals surface area contributed by atoms with Crippen LogP contribution in [0.1, 0.15) is 63.5 Å². The van der Waals surface area contributed by atoms with E-state index in [1.54, 1.807) is 32.1 Å². The molecule has 0 atom stereocenters. The summed E-state index contributed by atoms with van der Waals surface area (Å²) >= 11 is 1.60. The van der Waals surface area contributed by atoms with Crippen LogP contribution >= 0.6 is 11.3 Å². The first-order chi connectivity index (χ1) is 18.4. The standard InChI is InChI=1S/C25H31F3N8O2S/c1-5-7-16-12-17-19(34-10-11-36-18(14-34)32-33-21(36)25(26,27)28)30-22(31-20(17)39-16)35-9-6-8-15(13-35)29-23(37)38-24(2,3)4/h12H,5-11,13-14H2,1-4H3/b29-15+. The molecule has 3 aromatic heterocycles. The fraction of sp³-hybridized carbons (Fsp3) is 0.600. The lowest BCUT2D eigenvalue weighted by atomic mass is 10.1. The van der Waals surface area contributed by atoms with Gasteiger partial charge in [0.25, 0.3) is 0 Å². The largest absolute Gasteiger partial charge is 0.451 e. The van der Waals surface area contributed by atoms with Crippen LogP contribution in [-0.2, 0) is 30.4 Å². The highest BCUT2D eigenvalue weighted by molar-refractivity contribution is 7.18. The van der Waals surface area contributed by atoms with Gasteiger partial charge in [-0.1, -0.05) is 13.3 Å². The number of rotatable bonds is 4. The van der Waals surface area contributed by atoms with Crippen LogP contribution < -0.4 is 9.80 Å². The number of aliphatic imine (C=N–C) groups is 1. The van der Waals surface area contributed by atoms with Crippen molar-refractivity contribution in [1.82, 2.24) is 24.7 Å². The first kappa shape index (κ1) is 27.3.